The van der Waals surface area contributed by atoms with Crippen LogP contribution in [0.25, 0.3) is 0 Å². The van der Waals surface area contributed by atoms with Gasteiger partial charge in [-0.1, -0.05) is 24.3 Å². The zero-order valence-electron chi connectivity index (χ0n) is 10.8. The minimum Gasteiger partial charge on any atom is -0.468 e. The Kier molecular flexibility index (Phi) is 3.20. The molecular weight excluding hydrogens is 222 g/mol. The fraction of sp³-hybridized carbons (Fsp3) is 0.375. The van der Waals surface area contributed by atoms with Crippen LogP contribution in [0.2, 0.25) is 0 Å². The Morgan fingerprint density at radius 1 is 1.22 bits per heavy atom. The van der Waals surface area contributed by atoms with Crippen LogP contribution >= 0.6 is 0 Å². The van der Waals surface area contributed by atoms with Gasteiger partial charge in [-0.05, 0) is 48.9 Å². The van der Waals surface area contributed by atoms with Crippen molar-refractivity contribution in [3.63, 3.8) is 0 Å². The Morgan fingerprint density at radius 3 is 2.83 bits per heavy atom. The molecule has 1 atom stereocenters. The molecule has 0 aliphatic heterocycles. The molecule has 0 amide bonds. The quantitative estimate of drug-likeness (QED) is 0.892. The number of rotatable bonds is 3. The fourth-order valence-corrected chi connectivity index (χ4v) is 2.69. The first-order valence-corrected chi connectivity index (χ1v) is 6.66. The van der Waals surface area contributed by atoms with E-state index in [4.69, 9.17) is 4.42 Å². The van der Waals surface area contributed by atoms with Gasteiger partial charge in [0.2, 0.25) is 0 Å². The van der Waals surface area contributed by atoms with Gasteiger partial charge in [0.05, 0.1) is 12.8 Å². The molecule has 2 heteroatoms. The van der Waals surface area contributed by atoms with Crippen molar-refractivity contribution in [2.75, 3.05) is 0 Å². The van der Waals surface area contributed by atoms with Crippen LogP contribution in [0.4, 0.5) is 0 Å². The number of hydrogen-bond donors (Lipinski definition) is 1. The minimum absolute atomic E-state index is 0.574. The molecule has 94 valence electrons. The molecule has 18 heavy (non-hydrogen) atoms. The Morgan fingerprint density at radius 2 is 2.06 bits per heavy atom. The number of aryl methyl sites for hydroxylation is 2. The van der Waals surface area contributed by atoms with Crippen LogP contribution in [-0.4, -0.2) is 6.04 Å². The van der Waals surface area contributed by atoms with Gasteiger partial charge >= 0.3 is 0 Å². The van der Waals surface area contributed by atoms with Crippen LogP contribution < -0.4 is 5.32 Å². The van der Waals surface area contributed by atoms with Crippen molar-refractivity contribution < 1.29 is 4.42 Å². The number of furan rings is 1. The van der Waals surface area contributed by atoms with Crippen molar-refractivity contribution in [1.82, 2.24) is 5.32 Å². The number of fused-ring (bicyclic) bond motifs is 1. The van der Waals surface area contributed by atoms with Gasteiger partial charge in [0.1, 0.15) is 5.76 Å². The lowest BCUT2D eigenvalue weighted by atomic mass is 9.88. The van der Waals surface area contributed by atoms with E-state index in [0.717, 1.165) is 18.7 Å². The second-order valence-corrected chi connectivity index (χ2v) is 5.12. The molecule has 0 saturated carbocycles. The van der Waals surface area contributed by atoms with Gasteiger partial charge in [0.25, 0.3) is 0 Å². The average molecular weight is 241 g/mol. The first-order valence-electron chi connectivity index (χ1n) is 6.66. The summed E-state index contributed by atoms with van der Waals surface area (Å²) in [6.07, 6.45) is 5.31. The van der Waals surface area contributed by atoms with E-state index in [2.05, 4.69) is 36.5 Å². The number of benzene rings is 1. The second-order valence-electron chi connectivity index (χ2n) is 5.12. The number of nitrogens with one attached hydrogen (secondary N) is 1. The molecule has 1 unspecified atom stereocenters. The molecule has 1 aromatic heterocycles. The second kappa shape index (κ2) is 4.99. The molecule has 1 aromatic carbocycles. The highest BCUT2D eigenvalue weighted by Crippen LogP contribution is 2.21. The van der Waals surface area contributed by atoms with Crippen molar-refractivity contribution in [3.8, 4) is 0 Å². The summed E-state index contributed by atoms with van der Waals surface area (Å²) < 4.78 is 5.46. The lowest BCUT2D eigenvalue weighted by molar-refractivity contribution is 0.414. The molecule has 0 fully saturated rings. The zero-order chi connectivity index (χ0) is 12.4. The normalized spacial score (nSPS) is 18.6. The summed E-state index contributed by atoms with van der Waals surface area (Å²) in [7, 11) is 0. The Labute approximate surface area is 108 Å². The summed E-state index contributed by atoms with van der Waals surface area (Å²) in [5, 5.41) is 3.61. The summed E-state index contributed by atoms with van der Waals surface area (Å²) in [6.45, 7) is 2.93. The lowest BCUT2D eigenvalue weighted by Gasteiger charge is -2.25. The van der Waals surface area contributed by atoms with Gasteiger partial charge in [0.15, 0.2) is 0 Å². The molecule has 0 saturated heterocycles. The maximum absolute atomic E-state index is 5.46. The maximum Gasteiger partial charge on any atom is 0.120 e. The highest BCUT2D eigenvalue weighted by Gasteiger charge is 2.18. The third-order valence-electron chi connectivity index (χ3n) is 3.87. The molecule has 0 radical (unpaired) electrons. The van der Waals surface area contributed by atoms with Crippen LogP contribution in [0.15, 0.2) is 41.0 Å². The van der Waals surface area contributed by atoms with E-state index in [9.17, 15) is 0 Å². The van der Waals surface area contributed by atoms with Crippen molar-refractivity contribution >= 4 is 0 Å². The fourth-order valence-electron chi connectivity index (χ4n) is 2.69. The molecule has 0 spiro atoms. The smallest absolute Gasteiger partial charge is 0.120 e. The van der Waals surface area contributed by atoms with Gasteiger partial charge < -0.3 is 9.73 Å². The molecule has 1 heterocycles. The summed E-state index contributed by atoms with van der Waals surface area (Å²) in [5.41, 5.74) is 4.25. The molecule has 1 aliphatic rings. The van der Waals surface area contributed by atoms with Gasteiger partial charge in [-0.25, -0.2) is 0 Å². The molecule has 1 N–H and O–H groups in total. The largest absolute Gasteiger partial charge is 0.468 e. The van der Waals surface area contributed by atoms with Gasteiger partial charge in [-0.3, -0.25) is 0 Å². The topological polar surface area (TPSA) is 25.2 Å². The van der Waals surface area contributed by atoms with Crippen molar-refractivity contribution in [2.24, 2.45) is 0 Å². The van der Waals surface area contributed by atoms with Crippen LogP contribution in [0, 0.1) is 6.92 Å². The Bertz CT molecular complexity index is 529. The maximum atomic E-state index is 5.46. The van der Waals surface area contributed by atoms with E-state index >= 15 is 0 Å². The van der Waals surface area contributed by atoms with Crippen molar-refractivity contribution in [1.29, 1.82) is 0 Å². The van der Waals surface area contributed by atoms with Crippen molar-refractivity contribution in [3.05, 3.63) is 59.0 Å². The molecule has 2 aromatic rings. The van der Waals surface area contributed by atoms with Gasteiger partial charge in [-0.2, -0.15) is 0 Å². The standard InChI is InChI=1S/C16H19NO/c1-12-8-9-18-16(12)11-17-15-7-6-13-4-2-3-5-14(13)10-15/h2-5,8-9,15,17H,6-7,10-11H2,1H3. The van der Waals surface area contributed by atoms with E-state index in [-0.39, 0.29) is 0 Å². The van der Waals surface area contributed by atoms with E-state index < -0.39 is 0 Å². The van der Waals surface area contributed by atoms with Gasteiger partial charge in [0, 0.05) is 6.04 Å². The van der Waals surface area contributed by atoms with Crippen LogP contribution in [0.1, 0.15) is 28.9 Å². The first-order chi connectivity index (χ1) is 8.83. The predicted octanol–water partition coefficient (Wildman–Crippen LogP) is 3.24. The lowest BCUT2D eigenvalue weighted by Crippen LogP contribution is -2.34. The summed E-state index contributed by atoms with van der Waals surface area (Å²) in [6, 6.07) is 11.4. The minimum atomic E-state index is 0.574. The predicted molar refractivity (Wildman–Crippen MR) is 72.5 cm³/mol. The first kappa shape index (κ1) is 11.5. The molecular formula is C16H19NO. The zero-order valence-corrected chi connectivity index (χ0v) is 10.8. The molecule has 0 bridgehead atoms. The van der Waals surface area contributed by atoms with Crippen LogP contribution in [0.5, 0.6) is 0 Å². The third kappa shape index (κ3) is 2.34. The van der Waals surface area contributed by atoms with E-state index in [0.29, 0.717) is 6.04 Å². The Balaban J connectivity index is 1.61. The average Bonchev–Trinajstić information content (AvgIpc) is 2.82. The van der Waals surface area contributed by atoms with E-state index in [1.54, 1.807) is 6.26 Å². The molecule has 1 aliphatic carbocycles. The van der Waals surface area contributed by atoms with Gasteiger partial charge in [-0.15, -0.1) is 0 Å². The Hall–Kier alpha value is -1.54. The summed E-state index contributed by atoms with van der Waals surface area (Å²) in [5.74, 6) is 1.06. The SMILES string of the molecule is Cc1ccoc1CNC1CCc2ccccc2C1. The highest BCUT2D eigenvalue weighted by atomic mass is 16.3. The number of hydrogen-bond acceptors (Lipinski definition) is 2. The van der Waals surface area contributed by atoms with E-state index in [1.165, 1.54) is 29.5 Å². The molecule has 2 nitrogen and oxygen atoms in total. The molecule has 3 rings (SSSR count). The third-order valence-corrected chi connectivity index (χ3v) is 3.87. The monoisotopic (exact) mass is 241 g/mol. The summed E-state index contributed by atoms with van der Waals surface area (Å²) >= 11 is 0. The van der Waals surface area contributed by atoms with E-state index in [1.807, 2.05) is 6.07 Å². The van der Waals surface area contributed by atoms with Crippen LogP contribution in [-0.2, 0) is 19.4 Å². The van der Waals surface area contributed by atoms with Crippen LogP contribution in [0.3, 0.4) is 0 Å². The summed E-state index contributed by atoms with van der Waals surface area (Å²) in [4.78, 5) is 0. The highest BCUT2D eigenvalue weighted by molar-refractivity contribution is 5.30. The van der Waals surface area contributed by atoms with Crippen molar-refractivity contribution in [2.45, 2.75) is 38.8 Å².